The standard InChI is InChI=1S/C12H15Br/c1-7-4-5-8(2)12-10(13)6-9(3)11(7)12/h4-5,9-10H,6H2,1-3H3. The largest absolute Gasteiger partial charge is 0.0838 e. The fraction of sp³-hybridized carbons (Fsp3) is 0.500. The van der Waals surface area contributed by atoms with E-state index >= 15 is 0 Å². The van der Waals surface area contributed by atoms with Gasteiger partial charge < -0.3 is 0 Å². The van der Waals surface area contributed by atoms with Crippen LogP contribution in [0.15, 0.2) is 12.1 Å². The molecule has 2 unspecified atom stereocenters. The fourth-order valence-electron chi connectivity index (χ4n) is 2.47. The summed E-state index contributed by atoms with van der Waals surface area (Å²) in [6.45, 7) is 6.76. The first-order valence-electron chi connectivity index (χ1n) is 4.85. The van der Waals surface area contributed by atoms with E-state index < -0.39 is 0 Å². The molecule has 0 amide bonds. The maximum absolute atomic E-state index is 3.76. The van der Waals surface area contributed by atoms with Crippen LogP contribution in [0.4, 0.5) is 0 Å². The van der Waals surface area contributed by atoms with Crippen LogP contribution in [0.3, 0.4) is 0 Å². The molecule has 0 fully saturated rings. The average molecular weight is 239 g/mol. The normalized spacial score (nSPS) is 26.2. The minimum atomic E-state index is 0.581. The molecule has 0 heterocycles. The lowest BCUT2D eigenvalue weighted by Crippen LogP contribution is -1.93. The van der Waals surface area contributed by atoms with E-state index in [0.717, 1.165) is 5.92 Å². The molecule has 1 aromatic rings. The molecule has 1 heteroatoms. The first kappa shape index (κ1) is 9.26. The highest BCUT2D eigenvalue weighted by Gasteiger charge is 2.28. The van der Waals surface area contributed by atoms with Crippen LogP contribution in [-0.4, -0.2) is 0 Å². The smallest absolute Gasteiger partial charge is 0.0406 e. The van der Waals surface area contributed by atoms with E-state index in [1.807, 2.05) is 0 Å². The number of benzene rings is 1. The van der Waals surface area contributed by atoms with E-state index in [1.54, 1.807) is 11.1 Å². The van der Waals surface area contributed by atoms with E-state index in [2.05, 4.69) is 48.8 Å². The lowest BCUT2D eigenvalue weighted by Gasteiger charge is -2.11. The summed E-state index contributed by atoms with van der Waals surface area (Å²) in [6.07, 6.45) is 1.25. The summed E-state index contributed by atoms with van der Waals surface area (Å²) in [5, 5.41) is 0. The Morgan fingerprint density at radius 2 is 1.69 bits per heavy atom. The second-order valence-corrected chi connectivity index (χ2v) is 5.24. The van der Waals surface area contributed by atoms with Gasteiger partial charge >= 0.3 is 0 Å². The van der Waals surface area contributed by atoms with Crippen molar-refractivity contribution in [2.45, 2.75) is 37.9 Å². The number of fused-ring (bicyclic) bond motifs is 1. The molecule has 0 bridgehead atoms. The number of hydrogen-bond acceptors (Lipinski definition) is 0. The third-order valence-electron chi connectivity index (χ3n) is 3.09. The zero-order chi connectivity index (χ0) is 9.59. The Hall–Kier alpha value is -0.300. The van der Waals surface area contributed by atoms with Crippen molar-refractivity contribution in [3.05, 3.63) is 34.4 Å². The third-order valence-corrected chi connectivity index (χ3v) is 3.92. The Bertz CT molecular complexity index is 308. The van der Waals surface area contributed by atoms with E-state index in [-0.39, 0.29) is 0 Å². The number of aryl methyl sites for hydroxylation is 2. The van der Waals surface area contributed by atoms with Gasteiger partial charge in [-0.15, -0.1) is 0 Å². The van der Waals surface area contributed by atoms with Gasteiger partial charge in [0.25, 0.3) is 0 Å². The summed E-state index contributed by atoms with van der Waals surface area (Å²) >= 11 is 3.76. The Balaban J connectivity index is 2.67. The Morgan fingerprint density at radius 3 is 2.23 bits per heavy atom. The van der Waals surface area contributed by atoms with E-state index in [1.165, 1.54) is 17.5 Å². The van der Waals surface area contributed by atoms with Crippen LogP contribution in [0.2, 0.25) is 0 Å². The topological polar surface area (TPSA) is 0 Å². The Labute approximate surface area is 88.5 Å². The quantitative estimate of drug-likeness (QED) is 0.594. The molecule has 2 atom stereocenters. The van der Waals surface area contributed by atoms with Crippen molar-refractivity contribution < 1.29 is 0 Å². The Kier molecular flexibility index (Phi) is 2.23. The lowest BCUT2D eigenvalue weighted by atomic mass is 9.95. The molecule has 0 spiro atoms. The zero-order valence-corrected chi connectivity index (χ0v) is 9.98. The second kappa shape index (κ2) is 3.13. The average Bonchev–Trinajstić information content (AvgIpc) is 2.36. The zero-order valence-electron chi connectivity index (χ0n) is 8.39. The molecule has 0 saturated heterocycles. The fourth-order valence-corrected chi connectivity index (χ4v) is 3.64. The molecule has 0 aromatic heterocycles. The predicted molar refractivity (Wildman–Crippen MR) is 60.6 cm³/mol. The number of alkyl halides is 1. The van der Waals surface area contributed by atoms with Gasteiger partial charge in [0.05, 0.1) is 0 Å². The minimum Gasteiger partial charge on any atom is -0.0838 e. The van der Waals surface area contributed by atoms with Crippen LogP contribution in [-0.2, 0) is 0 Å². The van der Waals surface area contributed by atoms with Crippen molar-refractivity contribution in [2.75, 3.05) is 0 Å². The molecule has 0 aliphatic heterocycles. The van der Waals surface area contributed by atoms with Crippen molar-refractivity contribution in [3.63, 3.8) is 0 Å². The molecule has 0 nitrogen and oxygen atoms in total. The third kappa shape index (κ3) is 1.34. The molecule has 0 saturated carbocycles. The van der Waals surface area contributed by atoms with E-state index in [4.69, 9.17) is 0 Å². The van der Waals surface area contributed by atoms with Gasteiger partial charge in [0.15, 0.2) is 0 Å². The summed E-state index contributed by atoms with van der Waals surface area (Å²) in [6, 6.07) is 4.48. The van der Waals surface area contributed by atoms with Gasteiger partial charge in [0.1, 0.15) is 0 Å². The van der Waals surface area contributed by atoms with Crippen LogP contribution >= 0.6 is 15.9 Å². The van der Waals surface area contributed by atoms with Gasteiger partial charge in [0, 0.05) is 4.83 Å². The monoisotopic (exact) mass is 238 g/mol. The highest BCUT2D eigenvalue weighted by atomic mass is 79.9. The van der Waals surface area contributed by atoms with Crippen molar-refractivity contribution in [2.24, 2.45) is 0 Å². The molecule has 13 heavy (non-hydrogen) atoms. The van der Waals surface area contributed by atoms with Gasteiger partial charge in [0.2, 0.25) is 0 Å². The molecule has 70 valence electrons. The molecule has 2 rings (SSSR count). The molecule has 0 radical (unpaired) electrons. The van der Waals surface area contributed by atoms with Crippen molar-refractivity contribution >= 4 is 15.9 Å². The summed E-state index contributed by atoms with van der Waals surface area (Å²) in [4.78, 5) is 0.581. The second-order valence-electron chi connectivity index (χ2n) is 4.13. The maximum Gasteiger partial charge on any atom is 0.0406 e. The summed E-state index contributed by atoms with van der Waals surface area (Å²) in [7, 11) is 0. The van der Waals surface area contributed by atoms with Crippen LogP contribution < -0.4 is 0 Å². The van der Waals surface area contributed by atoms with E-state index in [0.29, 0.717) is 4.83 Å². The molecular weight excluding hydrogens is 224 g/mol. The predicted octanol–water partition coefficient (Wildman–Crippen LogP) is 4.25. The number of hydrogen-bond donors (Lipinski definition) is 0. The summed E-state index contributed by atoms with van der Waals surface area (Å²) < 4.78 is 0. The first-order valence-corrected chi connectivity index (χ1v) is 5.77. The minimum absolute atomic E-state index is 0.581. The van der Waals surface area contributed by atoms with Crippen LogP contribution in [0.5, 0.6) is 0 Å². The van der Waals surface area contributed by atoms with Crippen LogP contribution in [0.25, 0.3) is 0 Å². The SMILES string of the molecule is Cc1ccc(C)c2c1C(C)CC2Br. The highest BCUT2D eigenvalue weighted by molar-refractivity contribution is 9.09. The van der Waals surface area contributed by atoms with Crippen molar-refractivity contribution in [1.29, 1.82) is 0 Å². The first-order chi connectivity index (χ1) is 6.11. The van der Waals surface area contributed by atoms with Gasteiger partial charge in [-0.3, -0.25) is 0 Å². The van der Waals surface area contributed by atoms with Crippen LogP contribution in [0, 0.1) is 13.8 Å². The lowest BCUT2D eigenvalue weighted by molar-refractivity contribution is 0.740. The van der Waals surface area contributed by atoms with Crippen LogP contribution in [0.1, 0.15) is 46.3 Å². The van der Waals surface area contributed by atoms with Gasteiger partial charge in [-0.2, -0.15) is 0 Å². The summed E-state index contributed by atoms with van der Waals surface area (Å²) in [5.41, 5.74) is 6.02. The molecule has 1 aromatic carbocycles. The van der Waals surface area contributed by atoms with Gasteiger partial charge in [-0.1, -0.05) is 35.0 Å². The van der Waals surface area contributed by atoms with Crippen molar-refractivity contribution in [3.8, 4) is 0 Å². The Morgan fingerprint density at radius 1 is 1.15 bits per heavy atom. The highest BCUT2D eigenvalue weighted by Crippen LogP contribution is 2.47. The number of rotatable bonds is 0. The molecule has 1 aliphatic rings. The number of halogens is 1. The molecule has 0 N–H and O–H groups in total. The van der Waals surface area contributed by atoms with Gasteiger partial charge in [-0.25, -0.2) is 0 Å². The maximum atomic E-state index is 3.76. The summed E-state index contributed by atoms with van der Waals surface area (Å²) in [5.74, 6) is 0.722. The van der Waals surface area contributed by atoms with E-state index in [9.17, 15) is 0 Å². The van der Waals surface area contributed by atoms with Gasteiger partial charge in [-0.05, 0) is 48.4 Å². The molecular formula is C12H15Br. The molecule has 1 aliphatic carbocycles. The van der Waals surface area contributed by atoms with Crippen molar-refractivity contribution in [1.82, 2.24) is 0 Å².